The second kappa shape index (κ2) is 3.36. The first-order chi connectivity index (χ1) is 5.02. The van der Waals surface area contributed by atoms with Crippen molar-refractivity contribution >= 4 is 11.8 Å². The van der Waals surface area contributed by atoms with Gasteiger partial charge in [-0.25, -0.2) is 0 Å². The van der Waals surface area contributed by atoms with Gasteiger partial charge in [-0.3, -0.25) is 0 Å². The van der Waals surface area contributed by atoms with Gasteiger partial charge in [0, 0.05) is 5.25 Å². The molecule has 2 unspecified atom stereocenters. The second-order valence-corrected chi connectivity index (χ2v) is 5.71. The molecule has 0 amide bonds. The predicted molar refractivity (Wildman–Crippen MR) is 51.0 cm³/mol. The summed E-state index contributed by atoms with van der Waals surface area (Å²) in [5.74, 6) is 0. The van der Waals surface area contributed by atoms with Crippen molar-refractivity contribution in [3.8, 4) is 0 Å². The lowest BCUT2D eigenvalue weighted by molar-refractivity contribution is 0.0733. The summed E-state index contributed by atoms with van der Waals surface area (Å²) in [7, 11) is 0. The number of hydrogen-bond donors (Lipinski definition) is 1. The zero-order chi connectivity index (χ0) is 8.48. The van der Waals surface area contributed by atoms with E-state index < -0.39 is 5.60 Å². The minimum absolute atomic E-state index is 0.394. The lowest BCUT2D eigenvalue weighted by Crippen LogP contribution is -2.31. The third-order valence-electron chi connectivity index (χ3n) is 2.28. The highest BCUT2D eigenvalue weighted by Crippen LogP contribution is 2.39. The van der Waals surface area contributed by atoms with Crippen molar-refractivity contribution in [2.75, 3.05) is 0 Å². The third-order valence-corrected chi connectivity index (χ3v) is 3.90. The standard InChI is InChI=1S/C9H18OS/c1-7(2)11-8-5-4-6-9(8,3)10/h7-8,10H,4-6H2,1-3H3. The lowest BCUT2D eigenvalue weighted by Gasteiger charge is -2.26. The van der Waals surface area contributed by atoms with Gasteiger partial charge in [0.15, 0.2) is 0 Å². The second-order valence-electron chi connectivity index (χ2n) is 3.92. The van der Waals surface area contributed by atoms with Gasteiger partial charge in [-0.15, -0.1) is 0 Å². The van der Waals surface area contributed by atoms with Crippen LogP contribution in [0.15, 0.2) is 0 Å². The minimum atomic E-state index is -0.394. The summed E-state index contributed by atoms with van der Waals surface area (Å²) in [5, 5.41) is 11.0. The molecule has 0 saturated heterocycles. The van der Waals surface area contributed by atoms with Gasteiger partial charge in [0.2, 0.25) is 0 Å². The van der Waals surface area contributed by atoms with Crippen LogP contribution in [0.4, 0.5) is 0 Å². The Morgan fingerprint density at radius 2 is 2.18 bits per heavy atom. The first-order valence-electron chi connectivity index (χ1n) is 4.40. The highest BCUT2D eigenvalue weighted by Gasteiger charge is 2.37. The Bertz CT molecular complexity index is 132. The fraction of sp³-hybridized carbons (Fsp3) is 1.00. The Labute approximate surface area is 73.6 Å². The Kier molecular flexibility index (Phi) is 2.87. The van der Waals surface area contributed by atoms with Gasteiger partial charge < -0.3 is 5.11 Å². The molecule has 2 atom stereocenters. The van der Waals surface area contributed by atoms with E-state index in [1.54, 1.807) is 0 Å². The molecule has 1 aliphatic rings. The fourth-order valence-corrected chi connectivity index (χ4v) is 3.03. The van der Waals surface area contributed by atoms with Crippen LogP contribution in [0.5, 0.6) is 0 Å². The van der Waals surface area contributed by atoms with Crippen molar-refractivity contribution in [2.45, 2.75) is 56.1 Å². The van der Waals surface area contributed by atoms with Gasteiger partial charge in [-0.1, -0.05) is 13.8 Å². The van der Waals surface area contributed by atoms with E-state index in [9.17, 15) is 5.11 Å². The van der Waals surface area contributed by atoms with Crippen LogP contribution < -0.4 is 0 Å². The van der Waals surface area contributed by atoms with E-state index in [2.05, 4.69) is 13.8 Å². The number of hydrogen-bond acceptors (Lipinski definition) is 2. The average molecular weight is 174 g/mol. The summed E-state index contributed by atoms with van der Waals surface area (Å²) < 4.78 is 0. The van der Waals surface area contributed by atoms with Crippen molar-refractivity contribution < 1.29 is 5.11 Å². The first-order valence-corrected chi connectivity index (χ1v) is 5.34. The zero-order valence-corrected chi connectivity index (χ0v) is 8.45. The van der Waals surface area contributed by atoms with Crippen molar-refractivity contribution in [3.05, 3.63) is 0 Å². The maximum atomic E-state index is 9.88. The molecule has 1 fully saturated rings. The lowest BCUT2D eigenvalue weighted by atomic mass is 10.1. The zero-order valence-electron chi connectivity index (χ0n) is 7.63. The van der Waals surface area contributed by atoms with Gasteiger partial charge in [0.05, 0.1) is 5.60 Å². The first kappa shape index (κ1) is 9.40. The maximum Gasteiger partial charge on any atom is 0.0737 e. The number of aliphatic hydroxyl groups is 1. The van der Waals surface area contributed by atoms with Crippen LogP contribution in [0.1, 0.15) is 40.0 Å². The van der Waals surface area contributed by atoms with Gasteiger partial charge in [-0.05, 0) is 31.4 Å². The van der Waals surface area contributed by atoms with Crippen LogP contribution in [-0.2, 0) is 0 Å². The summed E-state index contributed by atoms with van der Waals surface area (Å²) >= 11 is 1.92. The van der Waals surface area contributed by atoms with Crippen molar-refractivity contribution in [1.29, 1.82) is 0 Å². The molecule has 0 radical (unpaired) electrons. The molecule has 0 spiro atoms. The summed E-state index contributed by atoms with van der Waals surface area (Å²) in [6.45, 7) is 6.36. The van der Waals surface area contributed by atoms with E-state index in [0.717, 1.165) is 6.42 Å². The quantitative estimate of drug-likeness (QED) is 0.694. The molecule has 1 N–H and O–H groups in total. The Balaban J connectivity index is 2.45. The normalized spacial score (nSPS) is 38.5. The molecule has 0 aliphatic heterocycles. The molecule has 2 heteroatoms. The van der Waals surface area contributed by atoms with Crippen LogP contribution in [0.2, 0.25) is 0 Å². The number of thioether (sulfide) groups is 1. The molecule has 0 aromatic heterocycles. The van der Waals surface area contributed by atoms with Crippen LogP contribution >= 0.6 is 11.8 Å². The molecule has 0 aromatic rings. The molecule has 1 saturated carbocycles. The largest absolute Gasteiger partial charge is 0.389 e. The summed E-state index contributed by atoms with van der Waals surface area (Å²) in [5.41, 5.74) is -0.394. The van der Waals surface area contributed by atoms with Gasteiger partial charge >= 0.3 is 0 Å². The highest BCUT2D eigenvalue weighted by molar-refractivity contribution is 8.00. The average Bonchev–Trinajstić information content (AvgIpc) is 2.10. The minimum Gasteiger partial charge on any atom is -0.389 e. The van der Waals surface area contributed by atoms with Crippen LogP contribution in [0, 0.1) is 0 Å². The number of rotatable bonds is 2. The molecule has 0 aromatic carbocycles. The van der Waals surface area contributed by atoms with Gasteiger partial charge in [-0.2, -0.15) is 11.8 Å². The van der Waals surface area contributed by atoms with E-state index in [4.69, 9.17) is 0 Å². The van der Waals surface area contributed by atoms with E-state index in [0.29, 0.717) is 10.5 Å². The molecule has 1 rings (SSSR count). The topological polar surface area (TPSA) is 20.2 Å². The Morgan fingerprint density at radius 3 is 2.55 bits per heavy atom. The summed E-state index contributed by atoms with van der Waals surface area (Å²) in [6.07, 6.45) is 3.37. The van der Waals surface area contributed by atoms with E-state index >= 15 is 0 Å². The predicted octanol–water partition coefficient (Wildman–Crippen LogP) is 2.43. The van der Waals surface area contributed by atoms with Crippen LogP contribution in [0.25, 0.3) is 0 Å². The monoisotopic (exact) mass is 174 g/mol. The molecule has 0 heterocycles. The third kappa shape index (κ3) is 2.38. The van der Waals surface area contributed by atoms with Gasteiger partial charge in [0.25, 0.3) is 0 Å². The highest BCUT2D eigenvalue weighted by atomic mass is 32.2. The Hall–Kier alpha value is 0.310. The van der Waals surface area contributed by atoms with Crippen molar-refractivity contribution in [1.82, 2.24) is 0 Å². The summed E-state index contributed by atoms with van der Waals surface area (Å²) in [4.78, 5) is 0. The molecule has 66 valence electrons. The Morgan fingerprint density at radius 1 is 1.55 bits per heavy atom. The fourth-order valence-electron chi connectivity index (χ4n) is 1.66. The van der Waals surface area contributed by atoms with Crippen LogP contribution in [0.3, 0.4) is 0 Å². The summed E-state index contributed by atoms with van der Waals surface area (Å²) in [6, 6.07) is 0. The van der Waals surface area contributed by atoms with Crippen LogP contribution in [-0.4, -0.2) is 21.2 Å². The molecular formula is C9H18OS. The molecular weight excluding hydrogens is 156 g/mol. The molecule has 11 heavy (non-hydrogen) atoms. The molecule has 0 bridgehead atoms. The van der Waals surface area contributed by atoms with E-state index in [1.807, 2.05) is 18.7 Å². The molecule has 1 nitrogen and oxygen atoms in total. The molecule has 1 aliphatic carbocycles. The van der Waals surface area contributed by atoms with Crippen molar-refractivity contribution in [3.63, 3.8) is 0 Å². The smallest absolute Gasteiger partial charge is 0.0737 e. The maximum absolute atomic E-state index is 9.88. The van der Waals surface area contributed by atoms with Crippen molar-refractivity contribution in [2.24, 2.45) is 0 Å². The van der Waals surface area contributed by atoms with E-state index in [1.165, 1.54) is 12.8 Å². The SMILES string of the molecule is CC(C)SC1CCCC1(C)O. The van der Waals surface area contributed by atoms with E-state index in [-0.39, 0.29) is 0 Å². The van der Waals surface area contributed by atoms with Gasteiger partial charge in [0.1, 0.15) is 0 Å².